The molecule has 2 unspecified atom stereocenters. The van der Waals surface area contributed by atoms with E-state index in [1.807, 2.05) is 6.07 Å². The van der Waals surface area contributed by atoms with Crippen LogP contribution in [0.15, 0.2) is 30.3 Å². The first kappa shape index (κ1) is 25.6. The fraction of sp³-hybridized carbons (Fsp3) is 0.720. The van der Waals surface area contributed by atoms with Crippen LogP contribution in [-0.4, -0.2) is 28.4 Å². The molecule has 1 aromatic rings. The zero-order valence-corrected chi connectivity index (χ0v) is 18.4. The highest BCUT2D eigenvalue weighted by atomic mass is 16.5. The van der Waals surface area contributed by atoms with Gasteiger partial charge in [0.15, 0.2) is 6.10 Å². The van der Waals surface area contributed by atoms with E-state index in [0.717, 1.165) is 32.3 Å². The van der Waals surface area contributed by atoms with E-state index in [2.05, 4.69) is 31.2 Å². The molecule has 0 aliphatic rings. The summed E-state index contributed by atoms with van der Waals surface area (Å²) in [6, 6.07) is 10.4. The summed E-state index contributed by atoms with van der Waals surface area (Å²) in [6.45, 7) is 2.93. The standard InChI is InChI=1S/C25H42O4/c1-2-23(29-21-22-17-13-12-14-18-22)19-15-10-8-6-4-3-5-7-9-11-16-20-24(26)25(27)28/h12-14,17-18,23-24,26H,2-11,15-16,19-21H2,1H3,(H,27,28). The molecule has 29 heavy (non-hydrogen) atoms. The van der Waals surface area contributed by atoms with E-state index in [4.69, 9.17) is 9.84 Å². The van der Waals surface area contributed by atoms with E-state index >= 15 is 0 Å². The average Bonchev–Trinajstić information content (AvgIpc) is 2.74. The summed E-state index contributed by atoms with van der Waals surface area (Å²) in [5, 5.41) is 17.8. The Balaban J connectivity index is 1.86. The van der Waals surface area contributed by atoms with Crippen molar-refractivity contribution in [2.24, 2.45) is 0 Å². The van der Waals surface area contributed by atoms with Crippen molar-refractivity contribution in [3.63, 3.8) is 0 Å². The summed E-state index contributed by atoms with van der Waals surface area (Å²) < 4.78 is 6.06. The molecule has 4 heteroatoms. The van der Waals surface area contributed by atoms with Crippen molar-refractivity contribution in [1.82, 2.24) is 0 Å². The van der Waals surface area contributed by atoms with Crippen molar-refractivity contribution in [2.75, 3.05) is 0 Å². The molecule has 0 saturated heterocycles. The summed E-state index contributed by atoms with van der Waals surface area (Å²) in [5.74, 6) is -1.10. The van der Waals surface area contributed by atoms with Gasteiger partial charge in [-0.1, -0.05) is 108 Å². The topological polar surface area (TPSA) is 66.8 Å². The van der Waals surface area contributed by atoms with Crippen molar-refractivity contribution < 1.29 is 19.7 Å². The van der Waals surface area contributed by atoms with Crippen LogP contribution in [0.1, 0.15) is 102 Å². The number of hydrogen-bond acceptors (Lipinski definition) is 3. The lowest BCUT2D eigenvalue weighted by Gasteiger charge is -2.16. The minimum atomic E-state index is -1.18. The van der Waals surface area contributed by atoms with Gasteiger partial charge in [0.25, 0.3) is 0 Å². The second-order valence-electron chi connectivity index (χ2n) is 8.15. The molecule has 0 radical (unpaired) electrons. The lowest BCUT2D eigenvalue weighted by molar-refractivity contribution is -0.146. The summed E-state index contributed by atoms with van der Waals surface area (Å²) in [5.41, 5.74) is 1.25. The Morgan fingerprint density at radius 2 is 1.31 bits per heavy atom. The third-order valence-corrected chi connectivity index (χ3v) is 5.57. The molecule has 0 aliphatic heterocycles. The quantitative estimate of drug-likeness (QED) is 0.257. The van der Waals surface area contributed by atoms with Crippen molar-refractivity contribution in [2.45, 2.75) is 116 Å². The fourth-order valence-electron chi connectivity index (χ4n) is 3.62. The Labute approximate surface area is 177 Å². The largest absolute Gasteiger partial charge is 0.479 e. The Morgan fingerprint density at radius 3 is 1.79 bits per heavy atom. The zero-order chi connectivity index (χ0) is 21.2. The number of benzene rings is 1. The minimum absolute atomic E-state index is 0.380. The number of ether oxygens (including phenoxy) is 1. The van der Waals surface area contributed by atoms with Gasteiger partial charge in [-0.3, -0.25) is 0 Å². The maximum Gasteiger partial charge on any atom is 0.332 e. The number of carbonyl (C=O) groups is 1. The molecule has 0 saturated carbocycles. The highest BCUT2D eigenvalue weighted by Gasteiger charge is 2.11. The molecule has 0 spiro atoms. The molecule has 4 nitrogen and oxygen atoms in total. The van der Waals surface area contributed by atoms with Crippen LogP contribution < -0.4 is 0 Å². The van der Waals surface area contributed by atoms with E-state index < -0.39 is 12.1 Å². The Morgan fingerprint density at radius 1 is 0.828 bits per heavy atom. The van der Waals surface area contributed by atoms with Crippen molar-refractivity contribution in [3.8, 4) is 0 Å². The van der Waals surface area contributed by atoms with Gasteiger partial charge in [-0.2, -0.15) is 0 Å². The maximum atomic E-state index is 10.5. The predicted octanol–water partition coefficient (Wildman–Crippen LogP) is 6.50. The minimum Gasteiger partial charge on any atom is -0.479 e. The van der Waals surface area contributed by atoms with Gasteiger partial charge in [-0.15, -0.1) is 0 Å². The van der Waals surface area contributed by atoms with Crippen LogP contribution >= 0.6 is 0 Å². The van der Waals surface area contributed by atoms with Gasteiger partial charge in [0.05, 0.1) is 12.7 Å². The summed E-state index contributed by atoms with van der Waals surface area (Å²) in [7, 11) is 0. The molecule has 0 fully saturated rings. The van der Waals surface area contributed by atoms with Crippen molar-refractivity contribution >= 4 is 5.97 Å². The fourth-order valence-corrected chi connectivity index (χ4v) is 3.62. The zero-order valence-electron chi connectivity index (χ0n) is 18.4. The summed E-state index contributed by atoms with van der Waals surface area (Å²) in [6.07, 6.45) is 15.1. The third kappa shape index (κ3) is 14.3. The van der Waals surface area contributed by atoms with Gasteiger partial charge >= 0.3 is 5.97 Å². The highest BCUT2D eigenvalue weighted by molar-refractivity contribution is 5.71. The molecule has 1 aromatic carbocycles. The first-order valence-corrected chi connectivity index (χ1v) is 11.7. The lowest BCUT2D eigenvalue weighted by atomic mass is 10.0. The molecular weight excluding hydrogens is 364 g/mol. The van der Waals surface area contributed by atoms with Gasteiger partial charge in [0, 0.05) is 0 Å². The van der Waals surface area contributed by atoms with Crippen LogP contribution in [0.5, 0.6) is 0 Å². The smallest absolute Gasteiger partial charge is 0.332 e. The van der Waals surface area contributed by atoms with Gasteiger partial charge in [0.2, 0.25) is 0 Å². The molecular formula is C25H42O4. The van der Waals surface area contributed by atoms with Crippen LogP contribution in [-0.2, 0) is 16.1 Å². The SMILES string of the molecule is CCC(CCCCCCCCCCCCCC(O)C(=O)O)OCc1ccccc1. The monoisotopic (exact) mass is 406 g/mol. The number of aliphatic hydroxyl groups excluding tert-OH is 1. The van der Waals surface area contributed by atoms with Crippen molar-refractivity contribution in [3.05, 3.63) is 35.9 Å². The number of hydrogen-bond donors (Lipinski definition) is 2. The van der Waals surface area contributed by atoms with Gasteiger partial charge < -0.3 is 14.9 Å². The number of aliphatic carboxylic acids is 1. The lowest BCUT2D eigenvalue weighted by Crippen LogP contribution is -2.18. The molecule has 0 aromatic heterocycles. The highest BCUT2D eigenvalue weighted by Crippen LogP contribution is 2.16. The maximum absolute atomic E-state index is 10.5. The Hall–Kier alpha value is -1.39. The number of carboxylic acid groups (broad SMARTS) is 1. The molecule has 0 heterocycles. The second-order valence-corrected chi connectivity index (χ2v) is 8.15. The first-order valence-electron chi connectivity index (χ1n) is 11.7. The number of unbranched alkanes of at least 4 members (excludes halogenated alkanes) is 10. The molecule has 0 amide bonds. The number of aliphatic hydroxyl groups is 1. The van der Waals surface area contributed by atoms with Crippen LogP contribution in [0, 0.1) is 0 Å². The molecule has 166 valence electrons. The van der Waals surface area contributed by atoms with Gasteiger partial charge in [0.1, 0.15) is 0 Å². The summed E-state index contributed by atoms with van der Waals surface area (Å²) in [4.78, 5) is 10.5. The third-order valence-electron chi connectivity index (χ3n) is 5.57. The van der Waals surface area contributed by atoms with E-state index in [1.54, 1.807) is 0 Å². The first-order chi connectivity index (χ1) is 14.1. The van der Waals surface area contributed by atoms with E-state index in [9.17, 15) is 9.90 Å². The van der Waals surface area contributed by atoms with Crippen LogP contribution in [0.3, 0.4) is 0 Å². The normalized spacial score (nSPS) is 13.3. The molecule has 1 rings (SSSR count). The number of carboxylic acids is 1. The van der Waals surface area contributed by atoms with Crippen LogP contribution in [0.2, 0.25) is 0 Å². The Bertz CT molecular complexity index is 503. The molecule has 2 N–H and O–H groups in total. The van der Waals surface area contributed by atoms with Crippen molar-refractivity contribution in [1.29, 1.82) is 0 Å². The van der Waals surface area contributed by atoms with E-state index in [0.29, 0.717) is 12.5 Å². The average molecular weight is 407 g/mol. The van der Waals surface area contributed by atoms with E-state index in [-0.39, 0.29) is 0 Å². The molecule has 0 bridgehead atoms. The summed E-state index contributed by atoms with van der Waals surface area (Å²) >= 11 is 0. The predicted molar refractivity (Wildman–Crippen MR) is 119 cm³/mol. The van der Waals surface area contributed by atoms with Crippen LogP contribution in [0.25, 0.3) is 0 Å². The van der Waals surface area contributed by atoms with Crippen LogP contribution in [0.4, 0.5) is 0 Å². The molecule has 0 aliphatic carbocycles. The van der Waals surface area contributed by atoms with Gasteiger partial charge in [-0.05, 0) is 24.8 Å². The van der Waals surface area contributed by atoms with Gasteiger partial charge in [-0.25, -0.2) is 4.79 Å². The Kier molecular flexibility index (Phi) is 15.4. The second kappa shape index (κ2) is 17.5. The number of rotatable bonds is 19. The van der Waals surface area contributed by atoms with E-state index in [1.165, 1.54) is 63.4 Å². The molecule has 2 atom stereocenters.